The first-order valence-corrected chi connectivity index (χ1v) is 8.63. The first-order valence-electron chi connectivity index (χ1n) is 8.63. The Kier molecular flexibility index (Phi) is 5.72. The Morgan fingerprint density at radius 3 is 2.84 bits per heavy atom. The van der Waals surface area contributed by atoms with Crippen molar-refractivity contribution >= 4 is 11.7 Å². The Balaban J connectivity index is 1.50. The minimum Gasteiger partial charge on any atom is -0.454 e. The van der Waals surface area contributed by atoms with Gasteiger partial charge in [-0.15, -0.1) is 0 Å². The van der Waals surface area contributed by atoms with Gasteiger partial charge in [-0.1, -0.05) is 25.8 Å². The summed E-state index contributed by atoms with van der Waals surface area (Å²) in [6, 6.07) is 9.43. The van der Waals surface area contributed by atoms with Crippen LogP contribution < -0.4 is 20.1 Å². The SMILES string of the molecule is CCCCCNC(=O)c1ccc(NCc2ccc3c(c2)OCO3)nc1. The van der Waals surface area contributed by atoms with Gasteiger partial charge in [0, 0.05) is 19.3 Å². The molecule has 1 aliphatic heterocycles. The monoisotopic (exact) mass is 341 g/mol. The highest BCUT2D eigenvalue weighted by atomic mass is 16.7. The maximum Gasteiger partial charge on any atom is 0.252 e. The molecule has 0 saturated heterocycles. The average Bonchev–Trinajstić information content (AvgIpc) is 3.11. The number of unbranched alkanes of at least 4 members (excludes halogenated alkanes) is 2. The van der Waals surface area contributed by atoms with Crippen molar-refractivity contribution in [2.45, 2.75) is 32.7 Å². The molecular weight excluding hydrogens is 318 g/mol. The summed E-state index contributed by atoms with van der Waals surface area (Å²) in [5.41, 5.74) is 1.65. The number of hydrogen-bond donors (Lipinski definition) is 2. The quantitative estimate of drug-likeness (QED) is 0.721. The highest BCUT2D eigenvalue weighted by molar-refractivity contribution is 5.94. The van der Waals surface area contributed by atoms with Crippen LogP contribution in [0.1, 0.15) is 42.1 Å². The minimum atomic E-state index is -0.0778. The molecule has 0 aliphatic carbocycles. The van der Waals surface area contributed by atoms with Crippen molar-refractivity contribution in [3.05, 3.63) is 47.7 Å². The van der Waals surface area contributed by atoms with Crippen LogP contribution in [0.15, 0.2) is 36.5 Å². The molecular formula is C19H23N3O3. The lowest BCUT2D eigenvalue weighted by atomic mass is 10.2. The number of hydrogen-bond acceptors (Lipinski definition) is 5. The van der Waals surface area contributed by atoms with Gasteiger partial charge in [-0.2, -0.15) is 0 Å². The third-order valence-electron chi connectivity index (χ3n) is 4.00. The van der Waals surface area contributed by atoms with Crippen LogP contribution >= 0.6 is 0 Å². The summed E-state index contributed by atoms with van der Waals surface area (Å²) in [5, 5.41) is 6.15. The van der Waals surface area contributed by atoms with Gasteiger partial charge in [-0.25, -0.2) is 4.98 Å². The van der Waals surface area contributed by atoms with Crippen molar-refractivity contribution in [2.75, 3.05) is 18.7 Å². The molecule has 132 valence electrons. The molecule has 2 heterocycles. The minimum absolute atomic E-state index is 0.0778. The average molecular weight is 341 g/mol. The number of benzene rings is 1. The Bertz CT molecular complexity index is 716. The van der Waals surface area contributed by atoms with Gasteiger partial charge in [0.2, 0.25) is 6.79 Å². The second-order valence-electron chi connectivity index (χ2n) is 5.94. The maximum absolute atomic E-state index is 12.0. The molecule has 2 aromatic rings. The van der Waals surface area contributed by atoms with Crippen molar-refractivity contribution in [3.63, 3.8) is 0 Å². The topological polar surface area (TPSA) is 72.5 Å². The van der Waals surface area contributed by atoms with Crippen molar-refractivity contribution < 1.29 is 14.3 Å². The highest BCUT2D eigenvalue weighted by Gasteiger charge is 2.13. The summed E-state index contributed by atoms with van der Waals surface area (Å²) < 4.78 is 10.7. The molecule has 0 unspecified atom stereocenters. The molecule has 6 heteroatoms. The smallest absolute Gasteiger partial charge is 0.252 e. The molecule has 2 N–H and O–H groups in total. The number of aromatic nitrogens is 1. The maximum atomic E-state index is 12.0. The number of amides is 1. The lowest BCUT2D eigenvalue weighted by Crippen LogP contribution is -2.24. The fourth-order valence-corrected chi connectivity index (χ4v) is 2.56. The predicted octanol–water partition coefficient (Wildman–Crippen LogP) is 3.34. The van der Waals surface area contributed by atoms with Crippen LogP contribution in [0.25, 0.3) is 0 Å². The number of fused-ring (bicyclic) bond motifs is 1. The summed E-state index contributed by atoms with van der Waals surface area (Å²) in [4.78, 5) is 16.3. The number of pyridine rings is 1. The Hall–Kier alpha value is -2.76. The zero-order valence-corrected chi connectivity index (χ0v) is 14.4. The van der Waals surface area contributed by atoms with Crippen molar-refractivity contribution in [1.29, 1.82) is 0 Å². The van der Waals surface area contributed by atoms with Crippen LogP contribution in [0, 0.1) is 0 Å². The molecule has 6 nitrogen and oxygen atoms in total. The van der Waals surface area contributed by atoms with E-state index in [0.717, 1.165) is 42.1 Å². The molecule has 0 fully saturated rings. The number of rotatable bonds is 8. The van der Waals surface area contributed by atoms with Crippen LogP contribution in [-0.4, -0.2) is 24.2 Å². The summed E-state index contributed by atoms with van der Waals surface area (Å²) in [7, 11) is 0. The number of nitrogens with one attached hydrogen (secondary N) is 2. The number of ether oxygens (including phenoxy) is 2. The molecule has 1 amide bonds. The fraction of sp³-hybridized carbons (Fsp3) is 0.368. The third kappa shape index (κ3) is 4.62. The van der Waals surface area contributed by atoms with E-state index in [1.807, 2.05) is 24.3 Å². The zero-order valence-electron chi connectivity index (χ0n) is 14.4. The summed E-state index contributed by atoms with van der Waals surface area (Å²) in [6.07, 6.45) is 4.87. The van der Waals surface area contributed by atoms with Gasteiger partial charge >= 0.3 is 0 Å². The number of nitrogens with zero attached hydrogens (tertiary/aromatic N) is 1. The normalized spacial score (nSPS) is 12.0. The van der Waals surface area contributed by atoms with Crippen LogP contribution in [0.4, 0.5) is 5.82 Å². The third-order valence-corrected chi connectivity index (χ3v) is 4.00. The largest absolute Gasteiger partial charge is 0.454 e. The van der Waals surface area contributed by atoms with Gasteiger partial charge in [0.1, 0.15) is 5.82 Å². The summed E-state index contributed by atoms with van der Waals surface area (Å²) in [6.45, 7) is 3.74. The Morgan fingerprint density at radius 1 is 1.16 bits per heavy atom. The molecule has 0 saturated carbocycles. The lowest BCUT2D eigenvalue weighted by Gasteiger charge is -2.08. The van der Waals surface area contributed by atoms with Crippen molar-refractivity contribution in [1.82, 2.24) is 10.3 Å². The molecule has 0 radical (unpaired) electrons. The van der Waals surface area contributed by atoms with E-state index in [0.29, 0.717) is 18.7 Å². The van der Waals surface area contributed by atoms with E-state index in [2.05, 4.69) is 22.5 Å². The van der Waals surface area contributed by atoms with E-state index < -0.39 is 0 Å². The van der Waals surface area contributed by atoms with Crippen molar-refractivity contribution in [3.8, 4) is 11.5 Å². The van der Waals surface area contributed by atoms with E-state index >= 15 is 0 Å². The lowest BCUT2D eigenvalue weighted by molar-refractivity contribution is 0.0952. The van der Waals surface area contributed by atoms with E-state index in [1.165, 1.54) is 0 Å². The standard InChI is InChI=1S/C19H23N3O3/c1-2-3-4-9-20-19(23)15-6-8-18(22-12-15)21-11-14-5-7-16-17(10-14)25-13-24-16/h5-8,10,12H,2-4,9,11,13H2,1H3,(H,20,23)(H,21,22). The molecule has 1 aliphatic rings. The van der Waals surface area contributed by atoms with E-state index in [1.54, 1.807) is 12.3 Å². The van der Waals surface area contributed by atoms with Gasteiger partial charge in [0.05, 0.1) is 5.56 Å². The number of anilines is 1. The van der Waals surface area contributed by atoms with Gasteiger partial charge < -0.3 is 20.1 Å². The highest BCUT2D eigenvalue weighted by Crippen LogP contribution is 2.32. The van der Waals surface area contributed by atoms with Gasteiger partial charge in [-0.3, -0.25) is 4.79 Å². The molecule has 0 spiro atoms. The summed E-state index contributed by atoms with van der Waals surface area (Å²) in [5.74, 6) is 2.18. The number of carbonyl (C=O) groups excluding carboxylic acids is 1. The van der Waals surface area contributed by atoms with Gasteiger partial charge in [0.15, 0.2) is 11.5 Å². The molecule has 1 aromatic carbocycles. The first-order chi connectivity index (χ1) is 12.3. The van der Waals surface area contributed by atoms with Crippen LogP contribution in [-0.2, 0) is 6.54 Å². The van der Waals surface area contributed by atoms with Crippen LogP contribution in [0.5, 0.6) is 11.5 Å². The predicted molar refractivity (Wildman–Crippen MR) is 96.0 cm³/mol. The van der Waals surface area contributed by atoms with E-state index in [4.69, 9.17) is 9.47 Å². The first kappa shape index (κ1) is 17.1. The van der Waals surface area contributed by atoms with Crippen LogP contribution in [0.3, 0.4) is 0 Å². The van der Waals surface area contributed by atoms with E-state index in [9.17, 15) is 4.79 Å². The molecule has 1 aromatic heterocycles. The molecule has 25 heavy (non-hydrogen) atoms. The zero-order chi connectivity index (χ0) is 17.5. The second kappa shape index (κ2) is 8.37. The fourth-order valence-electron chi connectivity index (χ4n) is 2.56. The second-order valence-corrected chi connectivity index (χ2v) is 5.94. The van der Waals surface area contributed by atoms with E-state index in [-0.39, 0.29) is 12.7 Å². The summed E-state index contributed by atoms with van der Waals surface area (Å²) >= 11 is 0. The Labute approximate surface area is 147 Å². The van der Waals surface area contributed by atoms with Crippen molar-refractivity contribution in [2.24, 2.45) is 0 Å². The molecule has 0 bridgehead atoms. The van der Waals surface area contributed by atoms with Crippen LogP contribution in [0.2, 0.25) is 0 Å². The number of carbonyl (C=O) groups is 1. The van der Waals surface area contributed by atoms with Gasteiger partial charge in [-0.05, 0) is 36.2 Å². The molecule has 3 rings (SSSR count). The van der Waals surface area contributed by atoms with Gasteiger partial charge in [0.25, 0.3) is 5.91 Å². The molecule has 0 atom stereocenters. The Morgan fingerprint density at radius 2 is 2.04 bits per heavy atom.